The molecule has 1 unspecified atom stereocenters. The second kappa shape index (κ2) is 7.95. The molecule has 1 atom stereocenters. The van der Waals surface area contributed by atoms with Gasteiger partial charge in [0, 0.05) is 6.61 Å². The summed E-state index contributed by atoms with van der Waals surface area (Å²) in [6, 6.07) is 0. The van der Waals surface area contributed by atoms with Gasteiger partial charge < -0.3 is 9.84 Å². The van der Waals surface area contributed by atoms with Gasteiger partial charge in [0.05, 0.1) is 0 Å². The smallest absolute Gasteiger partial charge is 0.851 e. The van der Waals surface area contributed by atoms with Gasteiger partial charge in [0.1, 0.15) is 0 Å². The molecule has 0 rings (SSSR count). The molecule has 0 fully saturated rings. The first-order chi connectivity index (χ1) is 11.4. The molecule has 0 spiro atoms. The second-order valence-corrected chi connectivity index (χ2v) is 5.02. The zero-order valence-corrected chi connectivity index (χ0v) is 13.3. The van der Waals surface area contributed by atoms with Crippen molar-refractivity contribution in [2.24, 2.45) is 0 Å². The van der Waals surface area contributed by atoms with E-state index >= 15 is 0 Å². The van der Waals surface area contributed by atoms with Crippen LogP contribution in [0.2, 0.25) is 0 Å². The molecule has 18 heteroatoms. The summed E-state index contributed by atoms with van der Waals surface area (Å²) in [5.74, 6) is -24.4. The minimum absolute atomic E-state index is 0. The van der Waals surface area contributed by atoms with E-state index in [0.717, 1.165) is 0 Å². The predicted octanol–water partition coefficient (Wildman–Crippen LogP) is 1.09. The maximum atomic E-state index is 13.4. The minimum atomic E-state index is -8.13. The first-order valence-corrected chi connectivity index (χ1v) is 6.05. The van der Waals surface area contributed by atoms with Crippen molar-refractivity contribution >= 4 is 0 Å². The van der Waals surface area contributed by atoms with Crippen LogP contribution in [0.15, 0.2) is 0 Å². The molecule has 0 heterocycles. The Morgan fingerprint density at radius 2 is 0.821 bits per heavy atom. The number of ether oxygens (including phenoxy) is 1. The second-order valence-electron chi connectivity index (χ2n) is 5.02. The summed E-state index contributed by atoms with van der Waals surface area (Å²) in [6.45, 7) is -2.57. The molecular formula is C10H6F15LiO2. The summed E-state index contributed by atoms with van der Waals surface area (Å²) in [5.41, 5.74) is -7.90. The number of alkyl halides is 15. The third-order valence-electron chi connectivity index (χ3n) is 2.93. The van der Waals surface area contributed by atoms with Crippen LogP contribution in [0.25, 0.3) is 0 Å². The molecule has 28 heavy (non-hydrogen) atoms. The van der Waals surface area contributed by atoms with Gasteiger partial charge in [-0.15, -0.1) is 6.10 Å². The maximum absolute atomic E-state index is 13.4. The number of hydrogen-bond donors (Lipinski definition) is 0. The molecule has 0 saturated heterocycles. The molecular weight excluding hydrogens is 444 g/mol. The summed E-state index contributed by atoms with van der Waals surface area (Å²) in [4.78, 5) is 0. The van der Waals surface area contributed by atoms with Crippen molar-refractivity contribution in [3.05, 3.63) is 0 Å². The van der Waals surface area contributed by atoms with Gasteiger partial charge in [-0.2, -0.15) is 65.9 Å². The number of halogens is 15. The van der Waals surface area contributed by atoms with Gasteiger partial charge in [-0.3, -0.25) is 0 Å². The fraction of sp³-hybridized carbons (Fsp3) is 1.00. The molecule has 0 bridgehead atoms. The minimum Gasteiger partial charge on any atom is -0.851 e. The zero-order valence-electron chi connectivity index (χ0n) is 13.3. The SMILES string of the molecule is CC([O-])COC(C(F)(F)C(F)(F)F)(C(F)(F)C(F)(F)F)C(F)(F)C(F)(F)F.[Li+]. The third kappa shape index (κ3) is 4.31. The van der Waals surface area contributed by atoms with E-state index in [1.165, 1.54) is 0 Å². The van der Waals surface area contributed by atoms with Gasteiger partial charge in [-0.1, -0.05) is 6.92 Å². The van der Waals surface area contributed by atoms with E-state index in [0.29, 0.717) is 0 Å². The van der Waals surface area contributed by atoms with Crippen molar-refractivity contribution < 1.29 is 94.6 Å². The first kappa shape index (κ1) is 29.7. The fourth-order valence-corrected chi connectivity index (χ4v) is 1.70. The van der Waals surface area contributed by atoms with Crippen LogP contribution in [0.5, 0.6) is 0 Å². The van der Waals surface area contributed by atoms with Crippen LogP contribution in [-0.4, -0.2) is 54.6 Å². The Morgan fingerprint density at radius 3 is 0.964 bits per heavy atom. The van der Waals surface area contributed by atoms with Crippen molar-refractivity contribution in [1.82, 2.24) is 0 Å². The fourth-order valence-electron chi connectivity index (χ4n) is 1.70. The van der Waals surface area contributed by atoms with Crippen LogP contribution < -0.4 is 24.0 Å². The Kier molecular flexibility index (Phi) is 8.42. The average Bonchev–Trinajstić information content (AvgIpc) is 2.33. The van der Waals surface area contributed by atoms with Gasteiger partial charge in [0.15, 0.2) is 0 Å². The van der Waals surface area contributed by atoms with E-state index in [-0.39, 0.29) is 25.8 Å². The summed E-state index contributed by atoms with van der Waals surface area (Å²) in [5, 5.41) is 10.6. The van der Waals surface area contributed by atoms with Crippen LogP contribution in [0, 0.1) is 0 Å². The molecule has 0 aliphatic heterocycles. The summed E-state index contributed by atoms with van der Waals surface area (Å²) in [7, 11) is 0. The molecule has 0 aromatic rings. The molecule has 0 aromatic heterocycles. The van der Waals surface area contributed by atoms with Crippen LogP contribution in [0.1, 0.15) is 6.92 Å². The molecule has 0 saturated carbocycles. The quantitative estimate of drug-likeness (QED) is 0.449. The van der Waals surface area contributed by atoms with Crippen LogP contribution in [0.4, 0.5) is 65.9 Å². The monoisotopic (exact) mass is 450 g/mol. The number of rotatable bonds is 6. The maximum Gasteiger partial charge on any atom is 1.00 e. The summed E-state index contributed by atoms with van der Waals surface area (Å²) >= 11 is 0. The van der Waals surface area contributed by atoms with E-state index < -0.39 is 54.6 Å². The van der Waals surface area contributed by atoms with Crippen molar-refractivity contribution in [1.29, 1.82) is 0 Å². The summed E-state index contributed by atoms with van der Waals surface area (Å²) in [6.07, 6.45) is -26.3. The van der Waals surface area contributed by atoms with Crippen LogP contribution >= 0.6 is 0 Å². The van der Waals surface area contributed by atoms with Crippen molar-refractivity contribution in [3.63, 3.8) is 0 Å². The van der Waals surface area contributed by atoms with Gasteiger partial charge in [0.2, 0.25) is 0 Å². The molecule has 0 aliphatic rings. The molecule has 0 N–H and O–H groups in total. The normalized spacial score (nSPS) is 16.6. The Labute approximate surface area is 157 Å². The van der Waals surface area contributed by atoms with Gasteiger partial charge >= 0.3 is 55.2 Å². The topological polar surface area (TPSA) is 32.3 Å². The largest absolute Gasteiger partial charge is 1.00 e. The van der Waals surface area contributed by atoms with E-state index in [1.807, 2.05) is 0 Å². The Balaban J connectivity index is 0. The van der Waals surface area contributed by atoms with E-state index in [4.69, 9.17) is 0 Å². The van der Waals surface area contributed by atoms with Crippen LogP contribution in [-0.2, 0) is 4.74 Å². The van der Waals surface area contributed by atoms with E-state index in [2.05, 4.69) is 4.74 Å². The standard InChI is InChI=1S/C10H6F15O2.Li/c1-3(26)2-27-4(5(11,12)8(17,18)19,6(13,14)9(20,21)22)7(15,16)10(23,24)25;/h3H,2H2,1H3;/q-1;+1. The molecule has 0 amide bonds. The molecule has 164 valence electrons. The molecule has 0 aliphatic carbocycles. The van der Waals surface area contributed by atoms with Gasteiger partial charge in [-0.25, -0.2) is 0 Å². The Bertz CT molecular complexity index is 454. The molecule has 0 aromatic carbocycles. The summed E-state index contributed by atoms with van der Waals surface area (Å²) < 4.78 is 195. The molecule has 0 radical (unpaired) electrons. The van der Waals surface area contributed by atoms with Crippen molar-refractivity contribution in [2.75, 3.05) is 6.61 Å². The predicted molar refractivity (Wildman–Crippen MR) is 51.2 cm³/mol. The van der Waals surface area contributed by atoms with Crippen molar-refractivity contribution in [3.8, 4) is 0 Å². The Morgan fingerprint density at radius 1 is 0.607 bits per heavy atom. The first-order valence-electron chi connectivity index (χ1n) is 6.05. The van der Waals surface area contributed by atoms with Crippen molar-refractivity contribution in [2.45, 2.75) is 54.9 Å². The Hall–Kier alpha value is -0.533. The molecule has 2 nitrogen and oxygen atoms in total. The third-order valence-corrected chi connectivity index (χ3v) is 2.93. The van der Waals surface area contributed by atoms with E-state index in [1.54, 1.807) is 0 Å². The van der Waals surface area contributed by atoms with Crippen LogP contribution in [0.3, 0.4) is 0 Å². The van der Waals surface area contributed by atoms with E-state index in [9.17, 15) is 71.0 Å². The van der Waals surface area contributed by atoms with Gasteiger partial charge in [-0.05, 0) is 0 Å². The van der Waals surface area contributed by atoms with Gasteiger partial charge in [0.25, 0.3) is 5.60 Å². The average molecular weight is 450 g/mol. The number of hydrogen-bond acceptors (Lipinski definition) is 2. The zero-order chi connectivity index (χ0) is 22.5.